The summed E-state index contributed by atoms with van der Waals surface area (Å²) < 4.78 is 7.07. The highest BCUT2D eigenvalue weighted by molar-refractivity contribution is 6.32. The van der Waals surface area contributed by atoms with E-state index in [4.69, 9.17) is 22.1 Å². The highest BCUT2D eigenvalue weighted by Gasteiger charge is 2.26. The number of hydrogen-bond donors (Lipinski definition) is 1. The van der Waals surface area contributed by atoms with Crippen LogP contribution in [0.3, 0.4) is 0 Å². The number of fused-ring (bicyclic) bond motifs is 1. The summed E-state index contributed by atoms with van der Waals surface area (Å²) >= 11 is 5.96. The molecule has 1 heterocycles. The van der Waals surface area contributed by atoms with Gasteiger partial charge in [0.15, 0.2) is 0 Å². The minimum Gasteiger partial charge on any atom is -0.497 e. The molecule has 5 heteroatoms. The zero-order valence-electron chi connectivity index (χ0n) is 10.1. The van der Waals surface area contributed by atoms with Gasteiger partial charge in [-0.15, -0.1) is 0 Å². The van der Waals surface area contributed by atoms with Gasteiger partial charge in [-0.2, -0.15) is 5.10 Å². The lowest BCUT2D eigenvalue weighted by molar-refractivity contribution is 0.413. The van der Waals surface area contributed by atoms with E-state index in [-0.39, 0.29) is 6.04 Å². The molecule has 0 saturated heterocycles. The minimum absolute atomic E-state index is 0.155. The molecule has 4 nitrogen and oxygen atoms in total. The minimum atomic E-state index is 0.155. The first-order chi connectivity index (χ1) is 8.70. The Balaban J connectivity index is 2.06. The lowest BCUT2D eigenvalue weighted by Gasteiger charge is -2.14. The van der Waals surface area contributed by atoms with Gasteiger partial charge in [0.1, 0.15) is 16.6 Å². The van der Waals surface area contributed by atoms with Crippen molar-refractivity contribution < 1.29 is 4.74 Å². The number of aryl methyl sites for hydroxylation is 1. The zero-order chi connectivity index (χ0) is 12.7. The zero-order valence-corrected chi connectivity index (χ0v) is 10.8. The second-order valence-corrected chi connectivity index (χ2v) is 4.85. The van der Waals surface area contributed by atoms with E-state index < -0.39 is 0 Å². The molecular formula is C13H14ClN3O. The molecule has 3 rings (SSSR count). The molecule has 94 valence electrons. The maximum Gasteiger partial charge on any atom is 0.141 e. The lowest BCUT2D eigenvalue weighted by atomic mass is 10.1. The predicted octanol–water partition coefficient (Wildman–Crippen LogP) is 2.66. The Morgan fingerprint density at radius 2 is 2.33 bits per heavy atom. The maximum absolute atomic E-state index is 5.96. The highest BCUT2D eigenvalue weighted by atomic mass is 35.5. The first kappa shape index (κ1) is 11.4. The summed E-state index contributed by atoms with van der Waals surface area (Å²) in [5.41, 5.74) is 8.50. The van der Waals surface area contributed by atoms with Crippen LogP contribution in [0.4, 0.5) is 5.82 Å². The van der Waals surface area contributed by atoms with Gasteiger partial charge in [0.05, 0.1) is 19.3 Å². The van der Waals surface area contributed by atoms with Crippen molar-refractivity contribution in [2.75, 3.05) is 12.8 Å². The first-order valence-corrected chi connectivity index (χ1v) is 6.24. The Hall–Kier alpha value is -1.68. The van der Waals surface area contributed by atoms with Gasteiger partial charge in [0.2, 0.25) is 0 Å². The molecule has 0 aliphatic heterocycles. The molecule has 2 aromatic rings. The van der Waals surface area contributed by atoms with Crippen molar-refractivity contribution in [1.29, 1.82) is 0 Å². The van der Waals surface area contributed by atoms with Crippen molar-refractivity contribution >= 4 is 17.4 Å². The molecule has 2 N–H and O–H groups in total. The molecule has 0 radical (unpaired) electrons. The van der Waals surface area contributed by atoms with Crippen molar-refractivity contribution in [2.45, 2.75) is 18.9 Å². The van der Waals surface area contributed by atoms with Gasteiger partial charge in [-0.3, -0.25) is 0 Å². The molecule has 18 heavy (non-hydrogen) atoms. The van der Waals surface area contributed by atoms with Gasteiger partial charge in [0.25, 0.3) is 0 Å². The van der Waals surface area contributed by atoms with E-state index in [1.165, 1.54) is 11.1 Å². The van der Waals surface area contributed by atoms with Crippen LogP contribution in [0.15, 0.2) is 24.4 Å². The highest BCUT2D eigenvalue weighted by Crippen LogP contribution is 2.38. The second-order valence-electron chi connectivity index (χ2n) is 4.44. The smallest absolute Gasteiger partial charge is 0.141 e. The molecule has 1 unspecified atom stereocenters. The fourth-order valence-corrected chi connectivity index (χ4v) is 2.67. The monoisotopic (exact) mass is 263 g/mol. The Kier molecular flexibility index (Phi) is 2.67. The van der Waals surface area contributed by atoms with E-state index in [0.29, 0.717) is 10.8 Å². The second kappa shape index (κ2) is 4.21. The van der Waals surface area contributed by atoms with Crippen LogP contribution in [-0.4, -0.2) is 16.9 Å². The van der Waals surface area contributed by atoms with Gasteiger partial charge in [-0.1, -0.05) is 17.7 Å². The number of methoxy groups -OCH3 is 1. The molecule has 1 aromatic carbocycles. The summed E-state index contributed by atoms with van der Waals surface area (Å²) in [5.74, 6) is 1.38. The third-order valence-electron chi connectivity index (χ3n) is 3.48. The fraction of sp³-hybridized carbons (Fsp3) is 0.308. The largest absolute Gasteiger partial charge is 0.497 e. The number of aromatic nitrogens is 2. The first-order valence-electron chi connectivity index (χ1n) is 5.86. The van der Waals surface area contributed by atoms with Crippen LogP contribution in [0.1, 0.15) is 23.6 Å². The Morgan fingerprint density at radius 3 is 3.00 bits per heavy atom. The SMILES string of the molecule is COc1ccc2c(c1)C(n1ncc(Cl)c1N)CC2. The average Bonchev–Trinajstić information content (AvgIpc) is 2.94. The average molecular weight is 264 g/mol. The van der Waals surface area contributed by atoms with Crippen molar-refractivity contribution in [1.82, 2.24) is 9.78 Å². The number of nitrogens with two attached hydrogens (primary N) is 1. The molecule has 1 aliphatic rings. The standard InChI is InChI=1S/C13H14ClN3O/c1-18-9-4-2-8-3-5-12(10(8)6-9)17-13(15)11(14)7-16-17/h2,4,6-7,12H,3,5,15H2,1H3. The van der Waals surface area contributed by atoms with E-state index in [0.717, 1.165) is 18.6 Å². The number of anilines is 1. The Morgan fingerprint density at radius 1 is 1.50 bits per heavy atom. The molecule has 0 fully saturated rings. The van der Waals surface area contributed by atoms with Crippen molar-refractivity contribution in [2.24, 2.45) is 0 Å². The molecule has 1 atom stereocenters. The number of halogens is 1. The summed E-state index contributed by atoms with van der Waals surface area (Å²) in [6.45, 7) is 0. The summed E-state index contributed by atoms with van der Waals surface area (Å²) in [5, 5.41) is 4.78. The Labute approximate surface area is 110 Å². The number of hydrogen-bond acceptors (Lipinski definition) is 3. The summed E-state index contributed by atoms with van der Waals surface area (Å²) in [7, 11) is 1.67. The van der Waals surface area contributed by atoms with E-state index in [1.54, 1.807) is 18.0 Å². The summed E-state index contributed by atoms with van der Waals surface area (Å²) in [4.78, 5) is 0. The van der Waals surface area contributed by atoms with E-state index >= 15 is 0 Å². The third kappa shape index (κ3) is 1.64. The normalized spacial score (nSPS) is 17.8. The van der Waals surface area contributed by atoms with Crippen LogP contribution in [-0.2, 0) is 6.42 Å². The molecule has 1 aromatic heterocycles. The number of nitrogens with zero attached hydrogens (tertiary/aromatic N) is 2. The van der Waals surface area contributed by atoms with Gasteiger partial charge in [-0.05, 0) is 36.1 Å². The molecule has 0 bridgehead atoms. The number of rotatable bonds is 2. The van der Waals surface area contributed by atoms with Crippen LogP contribution < -0.4 is 10.5 Å². The van der Waals surface area contributed by atoms with Gasteiger partial charge in [-0.25, -0.2) is 4.68 Å². The predicted molar refractivity (Wildman–Crippen MR) is 71.1 cm³/mol. The third-order valence-corrected chi connectivity index (χ3v) is 3.77. The van der Waals surface area contributed by atoms with Crippen molar-refractivity contribution in [3.05, 3.63) is 40.5 Å². The topological polar surface area (TPSA) is 53.1 Å². The van der Waals surface area contributed by atoms with E-state index in [1.807, 2.05) is 6.07 Å². The van der Waals surface area contributed by atoms with Gasteiger partial charge in [0, 0.05) is 0 Å². The molecule has 0 spiro atoms. The molecule has 0 amide bonds. The molecule has 0 saturated carbocycles. The van der Waals surface area contributed by atoms with Crippen LogP contribution in [0.5, 0.6) is 5.75 Å². The van der Waals surface area contributed by atoms with Crippen molar-refractivity contribution in [3.8, 4) is 5.75 Å². The van der Waals surface area contributed by atoms with E-state index in [9.17, 15) is 0 Å². The number of benzene rings is 1. The Bertz CT molecular complexity index is 594. The van der Waals surface area contributed by atoms with E-state index in [2.05, 4.69) is 17.2 Å². The summed E-state index contributed by atoms with van der Waals surface area (Å²) in [6.07, 6.45) is 3.61. The number of nitrogen functional groups attached to an aromatic ring is 1. The maximum atomic E-state index is 5.96. The van der Waals surface area contributed by atoms with Gasteiger partial charge >= 0.3 is 0 Å². The van der Waals surface area contributed by atoms with Crippen LogP contribution in [0, 0.1) is 0 Å². The number of ether oxygens (including phenoxy) is 1. The van der Waals surface area contributed by atoms with Crippen LogP contribution >= 0.6 is 11.6 Å². The lowest BCUT2D eigenvalue weighted by Crippen LogP contribution is -2.12. The quantitative estimate of drug-likeness (QED) is 0.906. The van der Waals surface area contributed by atoms with Crippen molar-refractivity contribution in [3.63, 3.8) is 0 Å². The molecular weight excluding hydrogens is 250 g/mol. The fourth-order valence-electron chi connectivity index (χ4n) is 2.54. The van der Waals surface area contributed by atoms with Gasteiger partial charge < -0.3 is 10.5 Å². The summed E-state index contributed by atoms with van der Waals surface area (Å²) in [6, 6.07) is 6.31. The van der Waals surface area contributed by atoms with Crippen LogP contribution in [0.2, 0.25) is 5.02 Å². The molecule has 1 aliphatic carbocycles. The van der Waals surface area contributed by atoms with Crippen LogP contribution in [0.25, 0.3) is 0 Å².